The Kier molecular flexibility index (Phi) is 7.28. The van der Waals surface area contributed by atoms with Crippen LogP contribution < -0.4 is 10.1 Å². The average molecular weight is 475 g/mol. The van der Waals surface area contributed by atoms with Gasteiger partial charge in [-0.1, -0.05) is 22.7 Å². The number of thiazole rings is 1. The first-order valence-electron chi connectivity index (χ1n) is 9.34. The SMILES string of the molecule is CCOC(=O)Cn1c(=NC(=O)C=Cc2ccc([N+](=O)[O-])s2)sc2cc(NC(C)=O)ccc21. The van der Waals surface area contributed by atoms with E-state index in [1.165, 1.54) is 42.5 Å². The van der Waals surface area contributed by atoms with E-state index >= 15 is 0 Å². The van der Waals surface area contributed by atoms with E-state index in [1.54, 1.807) is 29.7 Å². The molecule has 0 saturated carbocycles. The van der Waals surface area contributed by atoms with Crippen molar-refractivity contribution in [3.05, 3.63) is 56.2 Å². The van der Waals surface area contributed by atoms with Gasteiger partial charge in [-0.15, -0.1) is 0 Å². The van der Waals surface area contributed by atoms with E-state index in [2.05, 4.69) is 10.3 Å². The molecule has 3 aromatic rings. The highest BCUT2D eigenvalue weighted by atomic mass is 32.1. The molecular weight excluding hydrogens is 456 g/mol. The van der Waals surface area contributed by atoms with Crippen molar-refractivity contribution < 1.29 is 24.0 Å². The van der Waals surface area contributed by atoms with E-state index in [1.807, 2.05) is 0 Å². The minimum Gasteiger partial charge on any atom is -0.465 e. The first-order chi connectivity index (χ1) is 15.3. The lowest BCUT2D eigenvalue weighted by atomic mass is 10.3. The quantitative estimate of drug-likeness (QED) is 0.242. The minimum absolute atomic E-state index is 0.0270. The molecular formula is C20H18N4O6S2. The molecule has 0 fully saturated rings. The van der Waals surface area contributed by atoms with Gasteiger partial charge in [0.2, 0.25) is 5.91 Å². The molecule has 2 amide bonds. The first kappa shape index (κ1) is 23.0. The van der Waals surface area contributed by atoms with Crippen LogP contribution in [0.1, 0.15) is 18.7 Å². The van der Waals surface area contributed by atoms with Crippen molar-refractivity contribution in [3.8, 4) is 0 Å². The lowest BCUT2D eigenvalue weighted by Crippen LogP contribution is -2.22. The highest BCUT2D eigenvalue weighted by Gasteiger charge is 2.13. The zero-order valence-corrected chi connectivity index (χ0v) is 18.7. The van der Waals surface area contributed by atoms with Crippen LogP contribution >= 0.6 is 22.7 Å². The first-order valence-corrected chi connectivity index (χ1v) is 11.0. The van der Waals surface area contributed by atoms with E-state index < -0.39 is 16.8 Å². The third-order valence-corrected chi connectivity index (χ3v) is 6.03. The Bertz CT molecular complexity index is 1300. The van der Waals surface area contributed by atoms with Gasteiger partial charge < -0.3 is 14.6 Å². The smallest absolute Gasteiger partial charge is 0.326 e. The molecule has 10 nitrogen and oxygen atoms in total. The molecule has 32 heavy (non-hydrogen) atoms. The lowest BCUT2D eigenvalue weighted by molar-refractivity contribution is -0.380. The Hall–Kier alpha value is -3.64. The van der Waals surface area contributed by atoms with Crippen molar-refractivity contribution in [2.75, 3.05) is 11.9 Å². The van der Waals surface area contributed by atoms with Crippen LogP contribution in [-0.2, 0) is 25.7 Å². The molecule has 12 heteroatoms. The van der Waals surface area contributed by atoms with Crippen molar-refractivity contribution in [2.24, 2.45) is 4.99 Å². The van der Waals surface area contributed by atoms with Gasteiger partial charge in [0, 0.05) is 29.6 Å². The maximum absolute atomic E-state index is 12.4. The van der Waals surface area contributed by atoms with Gasteiger partial charge in [-0.25, -0.2) is 0 Å². The Morgan fingerprint density at radius 1 is 1.25 bits per heavy atom. The van der Waals surface area contributed by atoms with Gasteiger partial charge in [-0.05, 0) is 37.3 Å². The number of nitrogens with zero attached hydrogens (tertiary/aromatic N) is 3. The predicted molar refractivity (Wildman–Crippen MR) is 121 cm³/mol. The van der Waals surface area contributed by atoms with E-state index in [-0.39, 0.29) is 28.9 Å². The molecule has 0 unspecified atom stereocenters. The van der Waals surface area contributed by atoms with Gasteiger partial charge in [0.25, 0.3) is 5.91 Å². The molecule has 0 aliphatic rings. The zero-order valence-electron chi connectivity index (χ0n) is 17.1. The second kappa shape index (κ2) is 10.1. The number of anilines is 1. The van der Waals surface area contributed by atoms with Crippen LogP contribution in [0, 0.1) is 10.1 Å². The molecule has 0 radical (unpaired) electrons. The van der Waals surface area contributed by atoms with Crippen LogP contribution in [0.2, 0.25) is 0 Å². The summed E-state index contributed by atoms with van der Waals surface area (Å²) in [4.78, 5) is 51.0. The Morgan fingerprint density at radius 2 is 2.03 bits per heavy atom. The number of ether oxygens (including phenoxy) is 1. The second-order valence-electron chi connectivity index (χ2n) is 6.36. The number of hydrogen-bond acceptors (Lipinski definition) is 8. The number of thiophene rings is 1. The zero-order chi connectivity index (χ0) is 23.3. The third kappa shape index (κ3) is 5.74. The number of esters is 1. The summed E-state index contributed by atoms with van der Waals surface area (Å²) in [5.74, 6) is -1.29. The normalized spacial score (nSPS) is 11.8. The highest BCUT2D eigenvalue weighted by molar-refractivity contribution is 7.16. The minimum atomic E-state index is -0.590. The number of aromatic nitrogens is 1. The molecule has 3 rings (SSSR count). The molecule has 2 aromatic heterocycles. The number of amides is 2. The fraction of sp³-hybridized carbons (Fsp3) is 0.200. The largest absolute Gasteiger partial charge is 0.465 e. The monoisotopic (exact) mass is 474 g/mol. The molecule has 1 aromatic carbocycles. The Balaban J connectivity index is 1.97. The molecule has 2 heterocycles. The number of fused-ring (bicyclic) bond motifs is 1. The van der Waals surface area contributed by atoms with Crippen molar-refractivity contribution in [3.63, 3.8) is 0 Å². The van der Waals surface area contributed by atoms with Crippen molar-refractivity contribution >= 4 is 67.4 Å². The fourth-order valence-electron chi connectivity index (χ4n) is 2.74. The molecule has 0 aliphatic heterocycles. The summed E-state index contributed by atoms with van der Waals surface area (Å²) in [6.07, 6.45) is 2.65. The van der Waals surface area contributed by atoms with Gasteiger partial charge in [-0.2, -0.15) is 4.99 Å². The molecule has 0 saturated heterocycles. The summed E-state index contributed by atoms with van der Waals surface area (Å²) >= 11 is 2.12. The van der Waals surface area contributed by atoms with Crippen molar-refractivity contribution in [2.45, 2.75) is 20.4 Å². The number of carbonyl (C=O) groups is 3. The molecule has 0 aliphatic carbocycles. The Labute approximate surface area is 189 Å². The average Bonchev–Trinajstić information content (AvgIpc) is 3.31. The lowest BCUT2D eigenvalue weighted by Gasteiger charge is -2.06. The predicted octanol–water partition coefficient (Wildman–Crippen LogP) is 3.33. The number of nitrogens with one attached hydrogen (secondary N) is 1. The number of hydrogen-bond donors (Lipinski definition) is 1. The fourth-order valence-corrected chi connectivity index (χ4v) is 4.54. The number of rotatable bonds is 7. The number of nitro groups is 1. The standard InChI is InChI=1S/C20H18N4O6S2/c1-3-30-19(27)11-23-15-7-4-13(21-12(2)25)10-16(15)32-20(23)22-17(26)8-5-14-6-9-18(31-14)24(28)29/h4-10H,3,11H2,1-2H3,(H,21,25). The molecule has 0 spiro atoms. The summed E-state index contributed by atoms with van der Waals surface area (Å²) in [6, 6.07) is 8.04. The maximum Gasteiger partial charge on any atom is 0.326 e. The maximum atomic E-state index is 12.4. The van der Waals surface area contributed by atoms with Gasteiger partial charge in [-0.3, -0.25) is 24.5 Å². The summed E-state index contributed by atoms with van der Waals surface area (Å²) in [7, 11) is 0. The van der Waals surface area contributed by atoms with Gasteiger partial charge in [0.05, 0.1) is 21.7 Å². The van der Waals surface area contributed by atoms with Crippen LogP contribution in [-0.4, -0.2) is 33.9 Å². The van der Waals surface area contributed by atoms with E-state index in [0.717, 1.165) is 11.3 Å². The summed E-state index contributed by atoms with van der Waals surface area (Å²) < 4.78 is 7.30. The second-order valence-corrected chi connectivity index (χ2v) is 8.46. The van der Waals surface area contributed by atoms with E-state index in [9.17, 15) is 24.5 Å². The van der Waals surface area contributed by atoms with Crippen molar-refractivity contribution in [1.82, 2.24) is 4.57 Å². The molecule has 1 N–H and O–H groups in total. The van der Waals surface area contributed by atoms with Crippen molar-refractivity contribution in [1.29, 1.82) is 0 Å². The van der Waals surface area contributed by atoms with Crippen LogP contribution in [0.25, 0.3) is 16.3 Å². The van der Waals surface area contributed by atoms with E-state index in [0.29, 0.717) is 20.8 Å². The van der Waals surface area contributed by atoms with Crippen LogP contribution in [0.15, 0.2) is 41.4 Å². The molecule has 0 bridgehead atoms. The van der Waals surface area contributed by atoms with Crippen LogP contribution in [0.3, 0.4) is 0 Å². The Morgan fingerprint density at radius 3 is 2.69 bits per heavy atom. The molecule has 0 atom stereocenters. The molecule has 166 valence electrons. The number of carbonyl (C=O) groups excluding carboxylic acids is 3. The third-order valence-electron chi connectivity index (χ3n) is 3.98. The summed E-state index contributed by atoms with van der Waals surface area (Å²) in [6.45, 7) is 3.17. The van der Waals surface area contributed by atoms with Gasteiger partial charge in [0.1, 0.15) is 6.54 Å². The van der Waals surface area contributed by atoms with Crippen LogP contribution in [0.4, 0.5) is 10.7 Å². The summed E-state index contributed by atoms with van der Waals surface area (Å²) in [5, 5.41) is 13.4. The topological polar surface area (TPSA) is 133 Å². The number of benzene rings is 1. The summed E-state index contributed by atoms with van der Waals surface area (Å²) in [5.41, 5.74) is 1.23. The van der Waals surface area contributed by atoms with Gasteiger partial charge in [0.15, 0.2) is 4.80 Å². The van der Waals surface area contributed by atoms with E-state index in [4.69, 9.17) is 4.74 Å². The van der Waals surface area contributed by atoms with Gasteiger partial charge >= 0.3 is 11.0 Å². The van der Waals surface area contributed by atoms with Crippen LogP contribution in [0.5, 0.6) is 0 Å². The highest BCUT2D eigenvalue weighted by Crippen LogP contribution is 2.25.